The number of carbonyl (C=O) groups excluding carboxylic acids is 1. The van der Waals surface area contributed by atoms with Crippen molar-refractivity contribution >= 4 is 46.3 Å². The predicted octanol–water partition coefficient (Wildman–Crippen LogP) is 3.15. The Bertz CT molecular complexity index is 609. The van der Waals surface area contributed by atoms with E-state index in [0.717, 1.165) is 4.88 Å². The van der Waals surface area contributed by atoms with Crippen molar-refractivity contribution in [3.63, 3.8) is 0 Å². The van der Waals surface area contributed by atoms with Gasteiger partial charge in [-0.2, -0.15) is 0 Å². The van der Waals surface area contributed by atoms with Crippen LogP contribution < -0.4 is 0 Å². The van der Waals surface area contributed by atoms with Crippen LogP contribution in [0.5, 0.6) is 0 Å². The average molecular weight is 325 g/mol. The molecule has 1 aliphatic rings. The molecule has 3 heterocycles. The third-order valence-corrected chi connectivity index (χ3v) is 6.28. The lowest BCUT2D eigenvalue weighted by Gasteiger charge is -2.26. The molecule has 4 nitrogen and oxygen atoms in total. The van der Waals surface area contributed by atoms with Gasteiger partial charge in [-0.15, -0.1) is 34.4 Å². The van der Waals surface area contributed by atoms with Crippen LogP contribution in [0.25, 0.3) is 0 Å². The van der Waals surface area contributed by atoms with Crippen molar-refractivity contribution in [2.45, 2.75) is 11.4 Å². The fourth-order valence-electron chi connectivity index (χ4n) is 2.12. The normalized spacial score (nSPS) is 22.1. The number of rotatable bonds is 3. The summed E-state index contributed by atoms with van der Waals surface area (Å²) in [7, 11) is 0. The van der Waals surface area contributed by atoms with Crippen molar-refractivity contribution in [1.82, 2.24) is 4.90 Å². The van der Waals surface area contributed by atoms with Gasteiger partial charge in [-0.25, -0.2) is 4.79 Å². The summed E-state index contributed by atoms with van der Waals surface area (Å²) >= 11 is 4.40. The lowest BCUT2D eigenvalue weighted by atomic mass is 10.2. The van der Waals surface area contributed by atoms with Gasteiger partial charge in [0.25, 0.3) is 5.91 Å². The minimum Gasteiger partial charge on any atom is -0.480 e. The molecule has 1 N–H and O–H groups in total. The minimum absolute atomic E-state index is 0.198. The largest absolute Gasteiger partial charge is 0.480 e. The molecule has 0 bridgehead atoms. The Labute approximate surface area is 128 Å². The highest BCUT2D eigenvalue weighted by Crippen LogP contribution is 2.44. The summed E-state index contributed by atoms with van der Waals surface area (Å²) in [5, 5.41) is 12.9. The molecule has 7 heteroatoms. The number of thioether (sulfide) groups is 1. The number of thiophene rings is 2. The number of aliphatic carboxylic acids is 1. The summed E-state index contributed by atoms with van der Waals surface area (Å²) in [6.45, 7) is 0. The number of amides is 1. The molecule has 0 aliphatic carbocycles. The molecule has 104 valence electrons. The first-order chi connectivity index (χ1) is 9.68. The van der Waals surface area contributed by atoms with Crippen LogP contribution in [0.3, 0.4) is 0 Å². The molecule has 1 amide bonds. The quantitative estimate of drug-likeness (QED) is 0.942. The van der Waals surface area contributed by atoms with E-state index in [1.54, 1.807) is 23.5 Å². The van der Waals surface area contributed by atoms with E-state index in [1.807, 2.05) is 22.9 Å². The highest BCUT2D eigenvalue weighted by atomic mass is 32.2. The lowest BCUT2D eigenvalue weighted by molar-refractivity contribution is -0.141. The monoisotopic (exact) mass is 325 g/mol. The summed E-state index contributed by atoms with van der Waals surface area (Å²) in [5.41, 5.74) is 0. The van der Waals surface area contributed by atoms with Gasteiger partial charge < -0.3 is 10.0 Å². The van der Waals surface area contributed by atoms with Gasteiger partial charge in [-0.1, -0.05) is 12.1 Å². The number of carboxylic acid groups (broad SMARTS) is 1. The minimum atomic E-state index is -0.943. The molecule has 1 saturated heterocycles. The SMILES string of the molecule is O=C(O)C1CSC(c2cccs2)N1C(=O)c1cccs1. The van der Waals surface area contributed by atoms with E-state index in [0.29, 0.717) is 10.6 Å². The van der Waals surface area contributed by atoms with Crippen LogP contribution in [-0.4, -0.2) is 33.7 Å². The van der Waals surface area contributed by atoms with Gasteiger partial charge in [0.05, 0.1) is 4.88 Å². The fourth-order valence-corrected chi connectivity index (χ4v) is 5.18. The van der Waals surface area contributed by atoms with Gasteiger partial charge in [-0.3, -0.25) is 4.79 Å². The Kier molecular flexibility index (Phi) is 3.82. The molecule has 20 heavy (non-hydrogen) atoms. The van der Waals surface area contributed by atoms with Crippen molar-refractivity contribution in [2.24, 2.45) is 0 Å². The van der Waals surface area contributed by atoms with Crippen molar-refractivity contribution < 1.29 is 14.7 Å². The molecular weight excluding hydrogens is 314 g/mol. The molecule has 2 unspecified atom stereocenters. The van der Waals surface area contributed by atoms with E-state index >= 15 is 0 Å². The Morgan fingerprint density at radius 1 is 1.20 bits per heavy atom. The number of carbonyl (C=O) groups is 2. The Balaban J connectivity index is 1.96. The number of nitrogens with zero attached hydrogens (tertiary/aromatic N) is 1. The summed E-state index contributed by atoms with van der Waals surface area (Å²) < 4.78 is 0. The second-order valence-electron chi connectivity index (χ2n) is 4.24. The second-order valence-corrected chi connectivity index (χ2v) is 7.29. The molecule has 0 aromatic carbocycles. The molecule has 0 radical (unpaired) electrons. The van der Waals surface area contributed by atoms with Crippen LogP contribution in [-0.2, 0) is 4.79 Å². The van der Waals surface area contributed by atoms with Gasteiger partial charge in [-0.05, 0) is 22.9 Å². The van der Waals surface area contributed by atoms with E-state index < -0.39 is 12.0 Å². The summed E-state index contributed by atoms with van der Waals surface area (Å²) in [4.78, 5) is 27.1. The zero-order valence-electron chi connectivity index (χ0n) is 10.3. The topological polar surface area (TPSA) is 57.6 Å². The van der Waals surface area contributed by atoms with E-state index in [-0.39, 0.29) is 11.3 Å². The van der Waals surface area contributed by atoms with Crippen LogP contribution in [0.15, 0.2) is 35.0 Å². The van der Waals surface area contributed by atoms with Gasteiger partial charge in [0.1, 0.15) is 11.4 Å². The highest BCUT2D eigenvalue weighted by molar-refractivity contribution is 7.99. The van der Waals surface area contributed by atoms with Crippen LogP contribution >= 0.6 is 34.4 Å². The van der Waals surface area contributed by atoms with Crippen LogP contribution in [0, 0.1) is 0 Å². The third-order valence-electron chi connectivity index (χ3n) is 3.04. The molecule has 2 aromatic heterocycles. The van der Waals surface area contributed by atoms with Crippen LogP contribution in [0.2, 0.25) is 0 Å². The van der Waals surface area contributed by atoms with E-state index in [4.69, 9.17) is 0 Å². The van der Waals surface area contributed by atoms with Gasteiger partial charge >= 0.3 is 5.97 Å². The van der Waals surface area contributed by atoms with E-state index in [1.165, 1.54) is 28.0 Å². The molecule has 0 saturated carbocycles. The third kappa shape index (κ3) is 2.36. The predicted molar refractivity (Wildman–Crippen MR) is 81.4 cm³/mol. The Morgan fingerprint density at radius 2 is 1.95 bits per heavy atom. The molecule has 2 atom stereocenters. The van der Waals surface area contributed by atoms with Crippen molar-refractivity contribution in [3.05, 3.63) is 44.8 Å². The van der Waals surface area contributed by atoms with Crippen LogP contribution in [0.1, 0.15) is 19.9 Å². The first-order valence-corrected chi connectivity index (χ1v) is 8.73. The first-order valence-electron chi connectivity index (χ1n) is 5.92. The second kappa shape index (κ2) is 5.59. The standard InChI is InChI=1S/C13H11NO3S3/c15-11(9-3-1-5-18-9)14-8(13(16)17)7-20-12(14)10-4-2-6-19-10/h1-6,8,12H,7H2,(H,16,17). The fraction of sp³-hybridized carbons (Fsp3) is 0.231. The number of hydrogen-bond acceptors (Lipinski definition) is 5. The molecule has 0 spiro atoms. The Hall–Kier alpha value is -1.31. The summed E-state index contributed by atoms with van der Waals surface area (Å²) in [5.74, 6) is -0.716. The van der Waals surface area contributed by atoms with E-state index in [2.05, 4.69) is 0 Å². The molecule has 2 aromatic rings. The molecule has 1 aliphatic heterocycles. The average Bonchev–Trinajstić information content (AvgIpc) is 3.17. The zero-order chi connectivity index (χ0) is 14.1. The highest BCUT2D eigenvalue weighted by Gasteiger charge is 2.43. The van der Waals surface area contributed by atoms with Gasteiger partial charge in [0, 0.05) is 10.6 Å². The van der Waals surface area contributed by atoms with E-state index in [9.17, 15) is 14.7 Å². The first kappa shape index (κ1) is 13.7. The molecular formula is C13H11NO3S3. The molecule has 1 fully saturated rings. The summed E-state index contributed by atoms with van der Waals surface area (Å²) in [6, 6.07) is 6.64. The van der Waals surface area contributed by atoms with Crippen molar-refractivity contribution in [1.29, 1.82) is 0 Å². The number of hydrogen-bond donors (Lipinski definition) is 1. The smallest absolute Gasteiger partial charge is 0.327 e. The molecule has 3 rings (SSSR count). The summed E-state index contributed by atoms with van der Waals surface area (Å²) in [6.07, 6.45) is 0. The maximum atomic E-state index is 12.6. The maximum absolute atomic E-state index is 12.6. The van der Waals surface area contributed by atoms with Crippen molar-refractivity contribution in [3.8, 4) is 0 Å². The van der Waals surface area contributed by atoms with Gasteiger partial charge in [0.2, 0.25) is 0 Å². The van der Waals surface area contributed by atoms with Crippen molar-refractivity contribution in [2.75, 3.05) is 5.75 Å². The maximum Gasteiger partial charge on any atom is 0.327 e. The zero-order valence-corrected chi connectivity index (χ0v) is 12.7. The van der Waals surface area contributed by atoms with Crippen LogP contribution in [0.4, 0.5) is 0 Å². The number of carboxylic acids is 1. The lowest BCUT2D eigenvalue weighted by Crippen LogP contribution is -2.42. The van der Waals surface area contributed by atoms with Gasteiger partial charge in [0.15, 0.2) is 0 Å². The Morgan fingerprint density at radius 3 is 2.55 bits per heavy atom.